The van der Waals surface area contributed by atoms with E-state index in [-0.39, 0.29) is 0 Å². The lowest BCUT2D eigenvalue weighted by molar-refractivity contribution is 0.398. The number of likely N-dealkylation sites (N-methyl/N-ethyl adjacent to an activating group) is 1. The quantitative estimate of drug-likeness (QED) is 0.435. The van der Waals surface area contributed by atoms with Crippen molar-refractivity contribution in [2.75, 3.05) is 7.05 Å². The van der Waals surface area contributed by atoms with Gasteiger partial charge >= 0.3 is 0 Å². The van der Waals surface area contributed by atoms with Crippen LogP contribution in [0.4, 0.5) is 0 Å². The van der Waals surface area contributed by atoms with Crippen molar-refractivity contribution in [3.8, 4) is 0 Å². The van der Waals surface area contributed by atoms with Crippen molar-refractivity contribution in [2.24, 2.45) is 0 Å². The molecule has 39 valence electrons. The van der Waals surface area contributed by atoms with E-state index in [4.69, 9.17) is 0 Å². The third kappa shape index (κ3) is 0.829. The molecule has 1 atom stereocenters. The second-order valence-corrected chi connectivity index (χ2v) is 1.94. The highest BCUT2D eigenvalue weighted by Gasteiger charge is 2.07. The van der Waals surface area contributed by atoms with E-state index in [0.717, 1.165) is 0 Å². The molecule has 1 nitrogen and oxygen atoms in total. The largest absolute Gasteiger partial charge is 0.292 e. The van der Waals surface area contributed by atoms with E-state index < -0.39 is 0 Å². The van der Waals surface area contributed by atoms with Crippen LogP contribution in [0.1, 0.15) is 6.92 Å². The Kier molecular flexibility index (Phi) is 1.15. The lowest BCUT2D eigenvalue weighted by Gasteiger charge is -2.11. The van der Waals surface area contributed by atoms with Crippen molar-refractivity contribution in [2.45, 2.75) is 13.0 Å². The third-order valence-electron chi connectivity index (χ3n) is 1.35. The molecular weight excluding hydrogens is 86.1 g/mol. The van der Waals surface area contributed by atoms with Crippen LogP contribution in [-0.4, -0.2) is 18.0 Å². The van der Waals surface area contributed by atoms with Crippen LogP contribution in [0.15, 0.2) is 12.2 Å². The van der Waals surface area contributed by atoms with E-state index in [2.05, 4.69) is 37.6 Å². The maximum atomic E-state index is 2.17. The molecule has 0 saturated heterocycles. The van der Waals surface area contributed by atoms with Crippen LogP contribution in [0.5, 0.6) is 0 Å². The Morgan fingerprint density at radius 3 is 2.43 bits per heavy atom. The summed E-state index contributed by atoms with van der Waals surface area (Å²) in [6.45, 7) is 4.24. The maximum Gasteiger partial charge on any atom is 0.0473 e. The van der Waals surface area contributed by atoms with Gasteiger partial charge in [-0.1, -0.05) is 12.2 Å². The lowest BCUT2D eigenvalue weighted by atomic mass is 10.3. The molecule has 7 heavy (non-hydrogen) atoms. The molecule has 0 amide bonds. The molecule has 0 aromatic carbocycles. The highest BCUT2D eigenvalue weighted by molar-refractivity contribution is 5.07. The fourth-order valence-electron chi connectivity index (χ4n) is 0.618. The fourth-order valence-corrected chi connectivity index (χ4v) is 0.618. The molecule has 0 N–H and O–H groups in total. The summed E-state index contributed by atoms with van der Waals surface area (Å²) in [6, 6.07) is 0.611. The second kappa shape index (κ2) is 1.66. The number of nitrogens with zero attached hydrogens (tertiary/aromatic N) is 1. The molecule has 1 radical (unpaired) electrons. The first kappa shape index (κ1) is 4.85. The fraction of sp³-hybridized carbons (Fsp3) is 0.500. The Labute approximate surface area is 44.6 Å². The van der Waals surface area contributed by atoms with E-state index >= 15 is 0 Å². The van der Waals surface area contributed by atoms with Crippen LogP contribution < -0.4 is 0 Å². The predicted octanol–water partition coefficient (Wildman–Crippen LogP) is 1.04. The number of rotatable bonds is 0. The van der Waals surface area contributed by atoms with Gasteiger partial charge in [0.2, 0.25) is 0 Å². The van der Waals surface area contributed by atoms with Crippen molar-refractivity contribution in [3.63, 3.8) is 0 Å². The van der Waals surface area contributed by atoms with Crippen LogP contribution in [0, 0.1) is 6.54 Å². The third-order valence-corrected chi connectivity index (χ3v) is 1.35. The minimum absolute atomic E-state index is 0.611. The van der Waals surface area contributed by atoms with Gasteiger partial charge in [0.05, 0.1) is 0 Å². The Balaban J connectivity index is 2.45. The van der Waals surface area contributed by atoms with Gasteiger partial charge in [0.25, 0.3) is 0 Å². The molecule has 0 spiro atoms. The van der Waals surface area contributed by atoms with Crippen molar-refractivity contribution < 1.29 is 0 Å². The number of hydrogen-bond acceptors (Lipinski definition) is 1. The molecule has 0 saturated carbocycles. The zero-order chi connectivity index (χ0) is 5.28. The van der Waals surface area contributed by atoms with E-state index in [1.807, 2.05) is 0 Å². The molecule has 0 fully saturated rings. The molecule has 1 rings (SSSR count). The zero-order valence-electron chi connectivity index (χ0n) is 4.76. The summed E-state index contributed by atoms with van der Waals surface area (Å²) >= 11 is 0. The van der Waals surface area contributed by atoms with E-state index in [9.17, 15) is 0 Å². The highest BCUT2D eigenvalue weighted by Crippen LogP contribution is 2.07. The van der Waals surface area contributed by atoms with Crippen LogP contribution >= 0.6 is 0 Å². The monoisotopic (exact) mass is 96.1 g/mol. The zero-order valence-corrected chi connectivity index (χ0v) is 4.76. The van der Waals surface area contributed by atoms with E-state index in [0.29, 0.717) is 6.04 Å². The molecule has 1 aliphatic rings. The molecule has 1 aliphatic heterocycles. The van der Waals surface area contributed by atoms with Crippen molar-refractivity contribution >= 4 is 0 Å². The summed E-state index contributed by atoms with van der Waals surface area (Å²) in [4.78, 5) is 2.17. The van der Waals surface area contributed by atoms with Crippen LogP contribution in [0.3, 0.4) is 0 Å². The van der Waals surface area contributed by atoms with Crippen LogP contribution in [0.2, 0.25) is 0 Å². The summed E-state index contributed by atoms with van der Waals surface area (Å²) < 4.78 is 0. The highest BCUT2D eigenvalue weighted by atomic mass is 15.1. The Morgan fingerprint density at radius 2 is 2.29 bits per heavy atom. The predicted molar refractivity (Wildman–Crippen MR) is 30.7 cm³/mol. The van der Waals surface area contributed by atoms with E-state index in [1.165, 1.54) is 0 Å². The summed E-state index contributed by atoms with van der Waals surface area (Å²) in [5.41, 5.74) is 0. The second-order valence-electron chi connectivity index (χ2n) is 1.94. The Hall–Kier alpha value is -0.300. The Bertz CT molecular complexity index is 86.2. The summed E-state index contributed by atoms with van der Waals surface area (Å²) in [6.07, 6.45) is 4.24. The normalized spacial score (nSPS) is 32.0. The molecule has 1 unspecified atom stereocenters. The van der Waals surface area contributed by atoms with Gasteiger partial charge in [-0.15, -0.1) is 0 Å². The standard InChI is InChI=1S/C6H10N/c1-6-4-3-5-7(6)2/h3-6H,1-2H3. The van der Waals surface area contributed by atoms with Crippen LogP contribution in [-0.2, 0) is 0 Å². The minimum atomic E-state index is 0.611. The summed E-state index contributed by atoms with van der Waals surface area (Å²) in [7, 11) is 2.07. The molecule has 0 aromatic heterocycles. The SMILES string of the molecule is CC1C=C[CH]N1C. The van der Waals surface area contributed by atoms with Crippen molar-refractivity contribution in [1.29, 1.82) is 0 Å². The first-order chi connectivity index (χ1) is 3.30. The maximum absolute atomic E-state index is 2.17. The molecular formula is C6H10N. The first-order valence-electron chi connectivity index (χ1n) is 2.54. The van der Waals surface area contributed by atoms with Crippen molar-refractivity contribution in [1.82, 2.24) is 4.90 Å². The van der Waals surface area contributed by atoms with E-state index in [1.54, 1.807) is 0 Å². The van der Waals surface area contributed by atoms with Gasteiger partial charge in [-0.2, -0.15) is 0 Å². The first-order valence-corrected chi connectivity index (χ1v) is 2.54. The van der Waals surface area contributed by atoms with Crippen molar-refractivity contribution in [3.05, 3.63) is 18.7 Å². The molecule has 0 bridgehead atoms. The average molecular weight is 96.2 g/mol. The minimum Gasteiger partial charge on any atom is -0.292 e. The topological polar surface area (TPSA) is 3.24 Å². The van der Waals surface area contributed by atoms with Crippen LogP contribution in [0.25, 0.3) is 0 Å². The summed E-state index contributed by atoms with van der Waals surface area (Å²) in [5.74, 6) is 0. The molecule has 0 aromatic rings. The molecule has 0 aliphatic carbocycles. The van der Waals surface area contributed by atoms with Gasteiger partial charge in [0, 0.05) is 12.6 Å². The lowest BCUT2D eigenvalue weighted by Crippen LogP contribution is -2.18. The summed E-state index contributed by atoms with van der Waals surface area (Å²) in [5, 5.41) is 0. The molecule has 1 heteroatoms. The van der Waals surface area contributed by atoms with Gasteiger partial charge in [-0.05, 0) is 14.0 Å². The van der Waals surface area contributed by atoms with Gasteiger partial charge in [0.15, 0.2) is 0 Å². The van der Waals surface area contributed by atoms with Gasteiger partial charge < -0.3 is 0 Å². The Morgan fingerprint density at radius 1 is 1.57 bits per heavy atom. The van der Waals surface area contributed by atoms with Gasteiger partial charge in [-0.3, -0.25) is 4.90 Å². The average Bonchev–Trinajstić information content (AvgIpc) is 1.91. The number of hydrogen-bond donors (Lipinski definition) is 0. The van der Waals surface area contributed by atoms with Gasteiger partial charge in [0.1, 0.15) is 0 Å². The van der Waals surface area contributed by atoms with Gasteiger partial charge in [-0.25, -0.2) is 0 Å². The molecule has 1 heterocycles. The smallest absolute Gasteiger partial charge is 0.0473 e.